The van der Waals surface area contributed by atoms with Gasteiger partial charge in [0, 0.05) is 5.56 Å². The van der Waals surface area contributed by atoms with E-state index in [9.17, 15) is 18.0 Å². The van der Waals surface area contributed by atoms with E-state index < -0.39 is 23.0 Å². The Bertz CT molecular complexity index is 543. The fourth-order valence-corrected chi connectivity index (χ4v) is 1.39. The summed E-state index contributed by atoms with van der Waals surface area (Å²) in [6.07, 6.45) is 1.05. The SMILES string of the molecule is O=Cc1c(F)cc(-c2ccc(F)cn2)cc1F. The van der Waals surface area contributed by atoms with Gasteiger partial charge in [-0.15, -0.1) is 0 Å². The van der Waals surface area contributed by atoms with Crippen molar-refractivity contribution >= 4 is 6.29 Å². The second-order valence-electron chi connectivity index (χ2n) is 3.33. The number of hydrogen-bond donors (Lipinski definition) is 0. The first-order valence-corrected chi connectivity index (χ1v) is 4.68. The van der Waals surface area contributed by atoms with Gasteiger partial charge in [-0.3, -0.25) is 9.78 Å². The highest BCUT2D eigenvalue weighted by atomic mass is 19.1. The Morgan fingerprint density at radius 1 is 1.06 bits per heavy atom. The highest BCUT2D eigenvalue weighted by Gasteiger charge is 2.11. The van der Waals surface area contributed by atoms with Gasteiger partial charge in [0.1, 0.15) is 17.5 Å². The maximum atomic E-state index is 13.3. The molecule has 0 aliphatic heterocycles. The van der Waals surface area contributed by atoms with Crippen molar-refractivity contribution in [1.82, 2.24) is 4.98 Å². The Morgan fingerprint density at radius 3 is 2.18 bits per heavy atom. The summed E-state index contributed by atoms with van der Waals surface area (Å²) in [6, 6.07) is 4.38. The van der Waals surface area contributed by atoms with Gasteiger partial charge < -0.3 is 0 Å². The number of pyridine rings is 1. The van der Waals surface area contributed by atoms with Crippen molar-refractivity contribution < 1.29 is 18.0 Å². The normalized spacial score (nSPS) is 10.3. The molecule has 2 aromatic rings. The van der Waals surface area contributed by atoms with Gasteiger partial charge in [-0.25, -0.2) is 13.2 Å². The summed E-state index contributed by atoms with van der Waals surface area (Å²) in [4.78, 5) is 14.1. The summed E-state index contributed by atoms with van der Waals surface area (Å²) in [5.41, 5.74) is -0.261. The molecule has 1 aromatic heterocycles. The van der Waals surface area contributed by atoms with Crippen LogP contribution in [0.4, 0.5) is 13.2 Å². The molecule has 0 aliphatic carbocycles. The Hall–Kier alpha value is -2.17. The molecule has 0 aliphatic rings. The van der Waals surface area contributed by atoms with Crippen LogP contribution in [0.5, 0.6) is 0 Å². The lowest BCUT2D eigenvalue weighted by Gasteiger charge is -2.03. The van der Waals surface area contributed by atoms with Crippen LogP contribution < -0.4 is 0 Å². The number of carbonyl (C=O) groups is 1. The lowest BCUT2D eigenvalue weighted by Crippen LogP contribution is -1.95. The Labute approximate surface area is 94.7 Å². The molecule has 2 rings (SSSR count). The van der Waals surface area contributed by atoms with Crippen LogP contribution in [0.1, 0.15) is 10.4 Å². The molecule has 2 nitrogen and oxygen atoms in total. The van der Waals surface area contributed by atoms with Crippen molar-refractivity contribution in [2.24, 2.45) is 0 Å². The number of aldehydes is 1. The number of hydrogen-bond acceptors (Lipinski definition) is 2. The van der Waals surface area contributed by atoms with E-state index in [1.165, 1.54) is 6.07 Å². The standard InChI is InChI=1S/C12H6F3NO/c13-8-1-2-12(16-5-8)7-3-10(14)9(6-17)11(15)4-7/h1-6H. The number of aromatic nitrogens is 1. The van der Waals surface area contributed by atoms with Gasteiger partial charge in [0.25, 0.3) is 0 Å². The molecule has 0 N–H and O–H groups in total. The van der Waals surface area contributed by atoms with Crippen molar-refractivity contribution in [2.45, 2.75) is 0 Å². The molecule has 0 fully saturated rings. The highest BCUT2D eigenvalue weighted by molar-refractivity contribution is 5.77. The van der Waals surface area contributed by atoms with E-state index >= 15 is 0 Å². The van der Waals surface area contributed by atoms with Gasteiger partial charge in [0.15, 0.2) is 6.29 Å². The zero-order valence-electron chi connectivity index (χ0n) is 8.45. The molecule has 86 valence electrons. The molecular weight excluding hydrogens is 231 g/mol. The molecule has 0 atom stereocenters. The fourth-order valence-electron chi connectivity index (χ4n) is 1.39. The van der Waals surface area contributed by atoms with Crippen LogP contribution in [-0.4, -0.2) is 11.3 Å². The van der Waals surface area contributed by atoms with Crippen molar-refractivity contribution in [1.29, 1.82) is 0 Å². The zero-order valence-corrected chi connectivity index (χ0v) is 8.45. The second-order valence-corrected chi connectivity index (χ2v) is 3.33. The van der Waals surface area contributed by atoms with Crippen LogP contribution in [0, 0.1) is 17.5 Å². The van der Waals surface area contributed by atoms with Crippen LogP contribution in [0.2, 0.25) is 0 Å². The minimum Gasteiger partial charge on any atom is -0.298 e. The number of benzene rings is 1. The molecule has 17 heavy (non-hydrogen) atoms. The van der Waals surface area contributed by atoms with Crippen LogP contribution >= 0.6 is 0 Å². The third-order valence-corrected chi connectivity index (χ3v) is 2.22. The topological polar surface area (TPSA) is 30.0 Å². The molecule has 0 spiro atoms. The van der Waals surface area contributed by atoms with Crippen LogP contribution in [0.25, 0.3) is 11.3 Å². The van der Waals surface area contributed by atoms with Crippen LogP contribution in [-0.2, 0) is 0 Å². The summed E-state index contributed by atoms with van der Waals surface area (Å²) in [5, 5.41) is 0. The van der Waals surface area contributed by atoms with Gasteiger partial charge in [0.2, 0.25) is 0 Å². The molecule has 0 unspecified atom stereocenters. The summed E-state index contributed by atoms with van der Waals surface area (Å²) in [5.74, 6) is -2.48. The van der Waals surface area contributed by atoms with Crippen molar-refractivity contribution in [3.63, 3.8) is 0 Å². The minimum absolute atomic E-state index is 0.104. The van der Waals surface area contributed by atoms with E-state index in [1.807, 2.05) is 0 Å². The summed E-state index contributed by atoms with van der Waals surface area (Å²) in [7, 11) is 0. The quantitative estimate of drug-likeness (QED) is 0.751. The average Bonchev–Trinajstić information content (AvgIpc) is 2.29. The largest absolute Gasteiger partial charge is 0.298 e. The molecule has 1 heterocycles. The summed E-state index contributed by atoms with van der Waals surface area (Å²) < 4.78 is 39.2. The highest BCUT2D eigenvalue weighted by Crippen LogP contribution is 2.22. The first kappa shape index (κ1) is 11.3. The second kappa shape index (κ2) is 4.37. The maximum Gasteiger partial charge on any atom is 0.155 e. The van der Waals surface area contributed by atoms with Gasteiger partial charge in [-0.1, -0.05) is 0 Å². The summed E-state index contributed by atoms with van der Waals surface area (Å²) in [6.45, 7) is 0. The zero-order chi connectivity index (χ0) is 12.4. The number of carbonyl (C=O) groups excluding carboxylic acids is 1. The molecule has 5 heteroatoms. The van der Waals surface area contributed by atoms with Crippen molar-refractivity contribution in [2.75, 3.05) is 0 Å². The smallest absolute Gasteiger partial charge is 0.155 e. The number of rotatable bonds is 2. The molecular formula is C12H6F3NO. The molecule has 0 radical (unpaired) electrons. The lowest BCUT2D eigenvalue weighted by molar-refractivity contribution is 0.111. The fraction of sp³-hybridized carbons (Fsp3) is 0. The molecule has 0 saturated heterocycles. The Kier molecular flexibility index (Phi) is 2.91. The Morgan fingerprint density at radius 2 is 1.71 bits per heavy atom. The molecule has 0 bridgehead atoms. The first-order chi connectivity index (χ1) is 8.11. The van der Waals surface area contributed by atoms with Gasteiger partial charge in [0.05, 0.1) is 17.5 Å². The monoisotopic (exact) mass is 237 g/mol. The van der Waals surface area contributed by atoms with E-state index in [0.29, 0.717) is 0 Å². The van der Waals surface area contributed by atoms with Crippen molar-refractivity contribution in [3.05, 3.63) is 53.5 Å². The maximum absolute atomic E-state index is 13.3. The van der Waals surface area contributed by atoms with Gasteiger partial charge in [-0.05, 0) is 24.3 Å². The van der Waals surface area contributed by atoms with E-state index in [4.69, 9.17) is 0 Å². The predicted molar refractivity (Wildman–Crippen MR) is 54.9 cm³/mol. The minimum atomic E-state index is -0.971. The number of nitrogens with zero attached hydrogens (tertiary/aromatic N) is 1. The van der Waals surface area contributed by atoms with Crippen LogP contribution in [0.3, 0.4) is 0 Å². The van der Waals surface area contributed by atoms with Gasteiger partial charge >= 0.3 is 0 Å². The Balaban J connectivity index is 2.54. The molecule has 1 aromatic carbocycles. The summed E-state index contributed by atoms with van der Waals surface area (Å²) >= 11 is 0. The molecule has 0 saturated carbocycles. The van der Waals surface area contributed by atoms with Gasteiger partial charge in [-0.2, -0.15) is 0 Å². The van der Waals surface area contributed by atoms with Crippen LogP contribution in [0.15, 0.2) is 30.5 Å². The predicted octanol–water partition coefficient (Wildman–Crippen LogP) is 2.98. The number of halogens is 3. The first-order valence-electron chi connectivity index (χ1n) is 4.68. The van der Waals surface area contributed by atoms with E-state index in [-0.39, 0.29) is 17.5 Å². The van der Waals surface area contributed by atoms with E-state index in [2.05, 4.69) is 4.98 Å². The third-order valence-electron chi connectivity index (χ3n) is 2.22. The van der Waals surface area contributed by atoms with Crippen molar-refractivity contribution in [3.8, 4) is 11.3 Å². The molecule has 0 amide bonds. The average molecular weight is 237 g/mol. The lowest BCUT2D eigenvalue weighted by atomic mass is 10.1. The third kappa shape index (κ3) is 2.18. The van der Waals surface area contributed by atoms with E-state index in [0.717, 1.165) is 24.4 Å². The van der Waals surface area contributed by atoms with E-state index in [1.54, 1.807) is 0 Å².